The number of aliphatic hydroxyl groups excluding tert-OH is 1. The number of halogens is 1. The lowest BCUT2D eigenvalue weighted by atomic mass is 10.1. The molecule has 0 bridgehead atoms. The fourth-order valence-electron chi connectivity index (χ4n) is 1.32. The summed E-state index contributed by atoms with van der Waals surface area (Å²) in [4.78, 5) is 11.0. The fraction of sp³-hybridized carbons (Fsp3) is 0.364. The van der Waals surface area contributed by atoms with Crippen molar-refractivity contribution in [1.29, 1.82) is 0 Å². The zero-order valence-electron chi connectivity index (χ0n) is 10.5. The van der Waals surface area contributed by atoms with E-state index >= 15 is 0 Å². The SMILES string of the molecule is CC(C)(CO)NS(=O)(=O)c1ccc(Cl)c(C(N)=O)c1. The molecule has 1 aromatic carbocycles. The van der Waals surface area contributed by atoms with Crippen LogP contribution in [0, 0.1) is 0 Å². The van der Waals surface area contributed by atoms with Gasteiger partial charge in [-0.3, -0.25) is 4.79 Å². The van der Waals surface area contributed by atoms with Gasteiger partial charge in [-0.25, -0.2) is 13.1 Å². The molecule has 0 fully saturated rings. The van der Waals surface area contributed by atoms with Crippen molar-refractivity contribution >= 4 is 27.5 Å². The van der Waals surface area contributed by atoms with Crippen LogP contribution in [-0.4, -0.2) is 31.6 Å². The third kappa shape index (κ3) is 3.90. The smallest absolute Gasteiger partial charge is 0.250 e. The molecular weight excluding hydrogens is 292 g/mol. The average molecular weight is 307 g/mol. The van der Waals surface area contributed by atoms with Crippen LogP contribution in [-0.2, 0) is 10.0 Å². The van der Waals surface area contributed by atoms with Crippen molar-refractivity contribution in [2.45, 2.75) is 24.3 Å². The van der Waals surface area contributed by atoms with Gasteiger partial charge in [0.2, 0.25) is 15.9 Å². The summed E-state index contributed by atoms with van der Waals surface area (Å²) in [6, 6.07) is 3.63. The molecule has 19 heavy (non-hydrogen) atoms. The zero-order valence-corrected chi connectivity index (χ0v) is 12.0. The molecule has 6 nitrogen and oxygen atoms in total. The van der Waals surface area contributed by atoms with Crippen LogP contribution in [0.2, 0.25) is 5.02 Å². The Labute approximate surface area is 116 Å². The molecule has 0 atom stereocenters. The summed E-state index contributed by atoms with van der Waals surface area (Å²) < 4.78 is 26.5. The number of benzene rings is 1. The van der Waals surface area contributed by atoms with E-state index in [0.717, 1.165) is 6.07 Å². The normalized spacial score (nSPS) is 12.4. The highest BCUT2D eigenvalue weighted by Gasteiger charge is 2.26. The van der Waals surface area contributed by atoms with Crippen LogP contribution in [0.25, 0.3) is 0 Å². The average Bonchev–Trinajstić information content (AvgIpc) is 2.27. The second-order valence-corrected chi connectivity index (χ2v) is 6.74. The first kappa shape index (κ1) is 15.9. The molecule has 0 unspecified atom stereocenters. The summed E-state index contributed by atoms with van der Waals surface area (Å²) in [7, 11) is -3.88. The number of rotatable bonds is 5. The van der Waals surface area contributed by atoms with E-state index in [1.807, 2.05) is 0 Å². The van der Waals surface area contributed by atoms with E-state index < -0.39 is 21.5 Å². The van der Waals surface area contributed by atoms with Crippen LogP contribution >= 0.6 is 11.6 Å². The maximum absolute atomic E-state index is 12.1. The summed E-state index contributed by atoms with van der Waals surface area (Å²) in [5.74, 6) is -0.816. The van der Waals surface area contributed by atoms with Gasteiger partial charge in [-0.15, -0.1) is 0 Å². The van der Waals surface area contributed by atoms with Gasteiger partial charge >= 0.3 is 0 Å². The van der Waals surface area contributed by atoms with Crippen LogP contribution < -0.4 is 10.5 Å². The Morgan fingerprint density at radius 2 is 2.05 bits per heavy atom. The van der Waals surface area contributed by atoms with Crippen LogP contribution in [0.4, 0.5) is 0 Å². The lowest BCUT2D eigenvalue weighted by Crippen LogP contribution is -2.46. The largest absolute Gasteiger partial charge is 0.394 e. The Morgan fingerprint density at radius 1 is 1.47 bits per heavy atom. The molecule has 0 aromatic heterocycles. The first-order chi connectivity index (χ1) is 8.59. The summed E-state index contributed by atoms with van der Waals surface area (Å²) in [6.07, 6.45) is 0. The second-order valence-electron chi connectivity index (χ2n) is 4.65. The molecule has 1 amide bonds. The van der Waals surface area contributed by atoms with E-state index in [0.29, 0.717) is 0 Å². The summed E-state index contributed by atoms with van der Waals surface area (Å²) in [5, 5.41) is 9.15. The number of hydrogen-bond acceptors (Lipinski definition) is 4. The molecule has 0 spiro atoms. The van der Waals surface area contributed by atoms with Gasteiger partial charge in [-0.1, -0.05) is 11.6 Å². The molecule has 0 saturated heterocycles. The quantitative estimate of drug-likeness (QED) is 0.735. The molecule has 1 rings (SSSR count). The molecule has 106 valence electrons. The Kier molecular flexibility index (Phi) is 4.57. The molecule has 0 aliphatic rings. The number of amides is 1. The number of nitrogens with two attached hydrogens (primary N) is 1. The molecule has 0 radical (unpaired) electrons. The number of sulfonamides is 1. The van der Waals surface area contributed by atoms with Gasteiger partial charge in [0.05, 0.1) is 27.6 Å². The number of nitrogens with one attached hydrogen (secondary N) is 1. The van der Waals surface area contributed by atoms with E-state index in [-0.39, 0.29) is 22.1 Å². The minimum atomic E-state index is -3.88. The van der Waals surface area contributed by atoms with E-state index in [2.05, 4.69) is 4.72 Å². The summed E-state index contributed by atoms with van der Waals surface area (Å²) in [6.45, 7) is 2.67. The first-order valence-electron chi connectivity index (χ1n) is 5.33. The number of primary amides is 1. The number of carbonyl (C=O) groups excluding carboxylic acids is 1. The standard InChI is InChI=1S/C11H15ClN2O4S/c1-11(2,6-15)14-19(17,18)7-3-4-9(12)8(5-7)10(13)16/h3-5,14-15H,6H2,1-2H3,(H2,13,16). The Bertz CT molecular complexity index is 599. The highest BCUT2D eigenvalue weighted by molar-refractivity contribution is 7.89. The van der Waals surface area contributed by atoms with Crippen molar-refractivity contribution in [2.24, 2.45) is 5.73 Å². The second kappa shape index (κ2) is 5.46. The highest BCUT2D eigenvalue weighted by atomic mass is 35.5. The molecule has 0 aliphatic heterocycles. The van der Waals surface area contributed by atoms with Crippen molar-refractivity contribution in [3.63, 3.8) is 0 Å². The van der Waals surface area contributed by atoms with E-state index in [9.17, 15) is 13.2 Å². The van der Waals surface area contributed by atoms with Gasteiger partial charge in [-0.2, -0.15) is 0 Å². The lowest BCUT2D eigenvalue weighted by molar-refractivity contribution is 0.1000. The number of aliphatic hydroxyl groups is 1. The van der Waals surface area contributed by atoms with Crippen LogP contribution in [0.5, 0.6) is 0 Å². The fourth-order valence-corrected chi connectivity index (χ4v) is 2.96. The van der Waals surface area contributed by atoms with Gasteiger partial charge in [0.25, 0.3) is 0 Å². The topological polar surface area (TPSA) is 109 Å². The molecule has 0 saturated carbocycles. The third-order valence-electron chi connectivity index (χ3n) is 2.32. The Morgan fingerprint density at radius 3 is 2.53 bits per heavy atom. The number of carbonyl (C=O) groups is 1. The summed E-state index contributed by atoms with van der Waals surface area (Å²) in [5.41, 5.74) is 4.00. The third-order valence-corrected chi connectivity index (χ3v) is 4.34. The monoisotopic (exact) mass is 306 g/mol. The predicted molar refractivity (Wildman–Crippen MR) is 71.5 cm³/mol. The van der Waals surface area contributed by atoms with E-state index in [4.69, 9.17) is 22.4 Å². The van der Waals surface area contributed by atoms with Gasteiger partial charge in [0.15, 0.2) is 0 Å². The molecule has 4 N–H and O–H groups in total. The van der Waals surface area contributed by atoms with Crippen LogP contribution in [0.3, 0.4) is 0 Å². The lowest BCUT2D eigenvalue weighted by Gasteiger charge is -2.23. The van der Waals surface area contributed by atoms with Crippen molar-refractivity contribution in [2.75, 3.05) is 6.61 Å². The maximum atomic E-state index is 12.1. The van der Waals surface area contributed by atoms with E-state index in [1.54, 1.807) is 0 Å². The number of hydrogen-bond donors (Lipinski definition) is 3. The first-order valence-corrected chi connectivity index (χ1v) is 7.19. The van der Waals surface area contributed by atoms with Crippen molar-refractivity contribution in [3.8, 4) is 0 Å². The minimum absolute atomic E-state index is 0.0767. The maximum Gasteiger partial charge on any atom is 0.250 e. The van der Waals surface area contributed by atoms with Crippen molar-refractivity contribution in [1.82, 2.24) is 4.72 Å². The minimum Gasteiger partial charge on any atom is -0.394 e. The van der Waals surface area contributed by atoms with Crippen molar-refractivity contribution in [3.05, 3.63) is 28.8 Å². The van der Waals surface area contributed by atoms with Gasteiger partial charge in [-0.05, 0) is 32.0 Å². The predicted octanol–water partition coefficient (Wildman–Crippen LogP) is 0.488. The molecule has 0 heterocycles. The molecule has 8 heteroatoms. The van der Waals surface area contributed by atoms with Crippen LogP contribution in [0.1, 0.15) is 24.2 Å². The Hall–Kier alpha value is -1.15. The van der Waals surface area contributed by atoms with Crippen molar-refractivity contribution < 1.29 is 18.3 Å². The Balaban J connectivity index is 3.23. The molecule has 1 aromatic rings. The summed E-state index contributed by atoms with van der Waals surface area (Å²) >= 11 is 5.75. The molecular formula is C11H15ClN2O4S. The van der Waals surface area contributed by atoms with Crippen LogP contribution in [0.15, 0.2) is 23.1 Å². The van der Waals surface area contributed by atoms with Gasteiger partial charge < -0.3 is 10.8 Å². The highest BCUT2D eigenvalue weighted by Crippen LogP contribution is 2.21. The van der Waals surface area contributed by atoms with Gasteiger partial charge in [0.1, 0.15) is 0 Å². The zero-order chi connectivity index (χ0) is 14.8. The van der Waals surface area contributed by atoms with Gasteiger partial charge in [0, 0.05) is 0 Å². The molecule has 0 aliphatic carbocycles. The van der Waals surface area contributed by atoms with E-state index in [1.165, 1.54) is 26.0 Å².